The van der Waals surface area contributed by atoms with E-state index in [4.69, 9.17) is 22.9 Å². The first-order valence-corrected chi connectivity index (χ1v) is 4.69. The average molecular weight is 285 g/mol. The smallest absolute Gasteiger partial charge is 0.165 e. The summed E-state index contributed by atoms with van der Waals surface area (Å²) in [6.45, 7) is 0. The van der Waals surface area contributed by atoms with E-state index in [2.05, 4.69) is 22.6 Å². The third-order valence-electron chi connectivity index (χ3n) is 1.10. The van der Waals surface area contributed by atoms with Gasteiger partial charge in [0.2, 0.25) is 0 Å². The molecular formula is C6H4BCl2I. The third kappa shape index (κ3) is 2.33. The maximum Gasteiger partial charge on any atom is 0.382 e. The Labute approximate surface area is 84.0 Å². The van der Waals surface area contributed by atoms with E-state index in [1.807, 2.05) is 24.3 Å². The van der Waals surface area contributed by atoms with Crippen LogP contribution in [0.1, 0.15) is 0 Å². The molecule has 0 N–H and O–H groups in total. The zero-order valence-electron chi connectivity index (χ0n) is 5.02. The second kappa shape index (κ2) is 3.84. The normalized spacial score (nSPS) is 9.50. The lowest BCUT2D eigenvalue weighted by Crippen LogP contribution is -2.17. The van der Waals surface area contributed by atoms with Gasteiger partial charge in [-0.15, -0.1) is 0 Å². The molecule has 52 valence electrons. The van der Waals surface area contributed by atoms with E-state index >= 15 is 0 Å². The summed E-state index contributed by atoms with van der Waals surface area (Å²) in [4.78, 5) is 0. The Balaban J connectivity index is 2.96. The second-order valence-corrected chi connectivity index (χ2v) is 4.20. The van der Waals surface area contributed by atoms with Crippen LogP contribution >= 0.6 is 45.5 Å². The van der Waals surface area contributed by atoms with Crippen LogP contribution in [-0.4, -0.2) is 5.54 Å². The van der Waals surface area contributed by atoms with Crippen LogP contribution in [0.4, 0.5) is 0 Å². The SMILES string of the molecule is ClB(Cl)c1cccc(I)c1. The summed E-state index contributed by atoms with van der Waals surface area (Å²) in [5.74, 6) is 0. The molecule has 1 aromatic carbocycles. The van der Waals surface area contributed by atoms with Crippen LogP contribution in [-0.2, 0) is 0 Å². The molecule has 0 amide bonds. The zero-order chi connectivity index (χ0) is 7.56. The first-order valence-electron chi connectivity index (χ1n) is 2.74. The van der Waals surface area contributed by atoms with Crippen molar-refractivity contribution < 1.29 is 0 Å². The van der Waals surface area contributed by atoms with E-state index in [-0.39, 0.29) is 0 Å². The Morgan fingerprint density at radius 3 is 2.40 bits per heavy atom. The zero-order valence-corrected chi connectivity index (χ0v) is 8.69. The van der Waals surface area contributed by atoms with Gasteiger partial charge in [-0.1, -0.05) is 18.2 Å². The molecule has 0 aliphatic carbocycles. The second-order valence-electron chi connectivity index (χ2n) is 1.86. The Hall–Kier alpha value is 0.595. The molecule has 0 fully saturated rings. The molecule has 0 aliphatic heterocycles. The van der Waals surface area contributed by atoms with Crippen molar-refractivity contribution in [2.75, 3.05) is 0 Å². The summed E-state index contributed by atoms with van der Waals surface area (Å²) in [5.41, 5.74) is 0.546. The minimum Gasteiger partial charge on any atom is -0.165 e. The number of hydrogen-bond donors (Lipinski definition) is 0. The first kappa shape index (κ1) is 8.69. The Morgan fingerprint density at radius 2 is 2.00 bits per heavy atom. The predicted molar refractivity (Wildman–Crippen MR) is 56.3 cm³/mol. The highest BCUT2D eigenvalue weighted by Gasteiger charge is 2.07. The standard InChI is InChI=1S/C6H4BCl2I/c8-7(9)5-2-1-3-6(10)4-5/h1-4H. The number of rotatable bonds is 1. The van der Waals surface area contributed by atoms with E-state index in [0.717, 1.165) is 9.03 Å². The van der Waals surface area contributed by atoms with E-state index in [9.17, 15) is 0 Å². The van der Waals surface area contributed by atoms with Crippen LogP contribution in [0.5, 0.6) is 0 Å². The predicted octanol–water partition coefficient (Wildman–Crippen LogP) is 2.46. The van der Waals surface area contributed by atoms with Gasteiger partial charge in [-0.3, -0.25) is 0 Å². The Kier molecular flexibility index (Phi) is 3.33. The molecule has 10 heavy (non-hydrogen) atoms. The van der Waals surface area contributed by atoms with E-state index in [0.29, 0.717) is 0 Å². The monoisotopic (exact) mass is 284 g/mol. The van der Waals surface area contributed by atoms with Crippen LogP contribution in [0.2, 0.25) is 0 Å². The van der Waals surface area contributed by atoms with E-state index in [1.165, 1.54) is 0 Å². The summed E-state index contributed by atoms with van der Waals surface area (Å²) in [5, 5.41) is 0. The minimum absolute atomic E-state index is 0.408. The van der Waals surface area contributed by atoms with E-state index < -0.39 is 5.54 Å². The maximum absolute atomic E-state index is 5.64. The Morgan fingerprint density at radius 1 is 1.30 bits per heavy atom. The molecule has 0 nitrogen and oxygen atoms in total. The summed E-state index contributed by atoms with van der Waals surface area (Å²) in [7, 11) is 0. The van der Waals surface area contributed by atoms with Crippen molar-refractivity contribution in [2.24, 2.45) is 0 Å². The van der Waals surface area contributed by atoms with Gasteiger partial charge >= 0.3 is 5.54 Å². The van der Waals surface area contributed by atoms with Gasteiger partial charge in [-0.25, -0.2) is 0 Å². The van der Waals surface area contributed by atoms with Crippen molar-refractivity contribution >= 4 is 56.5 Å². The van der Waals surface area contributed by atoms with Crippen molar-refractivity contribution in [3.8, 4) is 0 Å². The van der Waals surface area contributed by atoms with Crippen LogP contribution in [0.25, 0.3) is 0 Å². The van der Waals surface area contributed by atoms with Gasteiger partial charge in [0, 0.05) is 3.57 Å². The fraction of sp³-hybridized carbons (Fsp3) is 0. The lowest BCUT2D eigenvalue weighted by atomic mass is 9.93. The first-order chi connectivity index (χ1) is 4.70. The highest BCUT2D eigenvalue weighted by molar-refractivity contribution is 14.1. The molecule has 1 rings (SSSR count). The van der Waals surface area contributed by atoms with Gasteiger partial charge in [0.25, 0.3) is 0 Å². The fourth-order valence-corrected chi connectivity index (χ4v) is 1.48. The van der Waals surface area contributed by atoms with Crippen molar-refractivity contribution in [3.05, 3.63) is 27.8 Å². The lowest BCUT2D eigenvalue weighted by molar-refractivity contribution is 1.70. The minimum atomic E-state index is -0.408. The molecule has 0 radical (unpaired) electrons. The van der Waals surface area contributed by atoms with Crippen molar-refractivity contribution in [3.63, 3.8) is 0 Å². The summed E-state index contributed by atoms with van der Waals surface area (Å²) in [6.07, 6.45) is 0. The van der Waals surface area contributed by atoms with Crippen LogP contribution in [0, 0.1) is 3.57 Å². The molecule has 0 aliphatic rings. The highest BCUT2D eigenvalue weighted by atomic mass is 127. The molecule has 0 unspecified atom stereocenters. The van der Waals surface area contributed by atoms with Crippen molar-refractivity contribution in [1.82, 2.24) is 0 Å². The highest BCUT2D eigenvalue weighted by Crippen LogP contribution is 2.03. The fourth-order valence-electron chi connectivity index (χ4n) is 0.642. The van der Waals surface area contributed by atoms with Crippen molar-refractivity contribution in [1.29, 1.82) is 0 Å². The molecule has 0 atom stereocenters. The van der Waals surface area contributed by atoms with Gasteiger partial charge < -0.3 is 0 Å². The summed E-state index contributed by atoms with van der Waals surface area (Å²) >= 11 is 13.5. The van der Waals surface area contributed by atoms with E-state index in [1.54, 1.807) is 0 Å². The largest absolute Gasteiger partial charge is 0.382 e. The molecule has 0 heterocycles. The topological polar surface area (TPSA) is 0 Å². The quantitative estimate of drug-likeness (QED) is 0.549. The summed E-state index contributed by atoms with van der Waals surface area (Å²) < 4.78 is 1.15. The molecule has 0 bridgehead atoms. The maximum atomic E-state index is 5.64. The molecule has 0 saturated carbocycles. The average Bonchev–Trinajstić information content (AvgIpc) is 1.88. The molecule has 4 heteroatoms. The summed E-state index contributed by atoms with van der Waals surface area (Å²) in [6, 6.07) is 7.81. The van der Waals surface area contributed by atoms with Crippen LogP contribution in [0.15, 0.2) is 24.3 Å². The number of benzene rings is 1. The van der Waals surface area contributed by atoms with Gasteiger partial charge in [0.05, 0.1) is 0 Å². The van der Waals surface area contributed by atoms with Crippen molar-refractivity contribution in [2.45, 2.75) is 0 Å². The van der Waals surface area contributed by atoms with Gasteiger partial charge in [-0.2, -0.15) is 22.9 Å². The lowest BCUT2D eigenvalue weighted by Gasteiger charge is -1.96. The van der Waals surface area contributed by atoms with Gasteiger partial charge in [0.15, 0.2) is 0 Å². The van der Waals surface area contributed by atoms with Crippen LogP contribution in [0.3, 0.4) is 0 Å². The molecule has 0 saturated heterocycles. The third-order valence-corrected chi connectivity index (χ3v) is 2.28. The molecule has 0 aromatic heterocycles. The van der Waals surface area contributed by atoms with Gasteiger partial charge in [-0.05, 0) is 34.1 Å². The van der Waals surface area contributed by atoms with Crippen LogP contribution < -0.4 is 5.46 Å². The number of hydrogen-bond acceptors (Lipinski definition) is 0. The molecule has 1 aromatic rings. The van der Waals surface area contributed by atoms with Gasteiger partial charge in [0.1, 0.15) is 0 Å². The Bertz CT molecular complexity index is 227. The number of halogens is 3. The molecule has 0 spiro atoms. The molecular weight excluding hydrogens is 281 g/mol.